The molecule has 0 amide bonds. The smallest absolute Gasteiger partial charge is 0.153 e. The lowest BCUT2D eigenvalue weighted by Crippen LogP contribution is -1.92. The van der Waals surface area contributed by atoms with E-state index in [1.54, 1.807) is 12.4 Å². The molecule has 48 valence electrons. The molecule has 0 aliphatic heterocycles. The first-order valence-corrected chi connectivity index (χ1v) is 3.48. The van der Waals surface area contributed by atoms with Crippen LogP contribution in [-0.2, 0) is 6.61 Å². The lowest BCUT2D eigenvalue weighted by Gasteiger charge is -1.91. The van der Waals surface area contributed by atoms with Crippen LogP contribution in [0.15, 0.2) is 12.4 Å². The summed E-state index contributed by atoms with van der Waals surface area (Å²) < 4.78 is 0.977. The van der Waals surface area contributed by atoms with Crippen molar-refractivity contribution in [1.82, 2.24) is 9.97 Å². The van der Waals surface area contributed by atoms with Gasteiger partial charge in [0.25, 0.3) is 0 Å². The SMILES string of the molecule is OCc1ncc(I)cn1. The minimum Gasteiger partial charge on any atom is -0.388 e. The van der Waals surface area contributed by atoms with Crippen LogP contribution in [0.1, 0.15) is 5.82 Å². The van der Waals surface area contributed by atoms with E-state index in [-0.39, 0.29) is 6.61 Å². The van der Waals surface area contributed by atoms with Crippen molar-refractivity contribution < 1.29 is 5.11 Å². The average Bonchev–Trinajstić information content (AvgIpc) is 1.90. The molecule has 0 aromatic carbocycles. The van der Waals surface area contributed by atoms with Crippen molar-refractivity contribution in [3.63, 3.8) is 0 Å². The Morgan fingerprint density at radius 2 is 2.00 bits per heavy atom. The summed E-state index contributed by atoms with van der Waals surface area (Å²) in [6, 6.07) is 0. The number of hydrogen-bond donors (Lipinski definition) is 1. The second kappa shape index (κ2) is 3.07. The molecule has 0 spiro atoms. The van der Waals surface area contributed by atoms with Crippen LogP contribution in [0.3, 0.4) is 0 Å². The minimum atomic E-state index is -0.0864. The number of aromatic nitrogens is 2. The number of rotatable bonds is 1. The van der Waals surface area contributed by atoms with Crippen LogP contribution in [0.2, 0.25) is 0 Å². The molecular formula is C5H5IN2O. The molecule has 0 fully saturated rings. The summed E-state index contributed by atoms with van der Waals surface area (Å²) in [5.74, 6) is 0.468. The highest BCUT2D eigenvalue weighted by Gasteiger charge is 1.90. The highest BCUT2D eigenvalue weighted by atomic mass is 127. The van der Waals surface area contributed by atoms with Gasteiger partial charge in [-0.2, -0.15) is 0 Å². The maximum Gasteiger partial charge on any atom is 0.153 e. The van der Waals surface area contributed by atoms with Crippen molar-refractivity contribution in [2.75, 3.05) is 0 Å². The molecule has 3 nitrogen and oxygen atoms in total. The molecule has 0 saturated heterocycles. The zero-order chi connectivity index (χ0) is 6.69. The highest BCUT2D eigenvalue weighted by Crippen LogP contribution is 1.98. The van der Waals surface area contributed by atoms with E-state index < -0.39 is 0 Å². The third-order valence-electron chi connectivity index (χ3n) is 0.815. The van der Waals surface area contributed by atoms with E-state index in [9.17, 15) is 0 Å². The van der Waals surface area contributed by atoms with Crippen LogP contribution in [0, 0.1) is 3.57 Å². The maximum absolute atomic E-state index is 8.50. The zero-order valence-corrected chi connectivity index (χ0v) is 6.74. The van der Waals surface area contributed by atoms with Crippen molar-refractivity contribution in [3.05, 3.63) is 21.8 Å². The van der Waals surface area contributed by atoms with Gasteiger partial charge in [-0.15, -0.1) is 0 Å². The Labute approximate surface area is 66.3 Å². The molecule has 4 heteroatoms. The summed E-state index contributed by atoms with van der Waals surface area (Å²) in [6.45, 7) is -0.0864. The standard InChI is InChI=1S/C5H5IN2O/c6-4-1-7-5(3-9)8-2-4/h1-2,9H,3H2. The lowest BCUT2D eigenvalue weighted by molar-refractivity contribution is 0.271. The van der Waals surface area contributed by atoms with Crippen LogP contribution in [0.5, 0.6) is 0 Å². The van der Waals surface area contributed by atoms with E-state index in [0.717, 1.165) is 3.57 Å². The molecule has 0 bridgehead atoms. The Kier molecular flexibility index (Phi) is 2.35. The number of aliphatic hydroxyl groups is 1. The summed E-state index contributed by atoms with van der Waals surface area (Å²) in [5.41, 5.74) is 0. The van der Waals surface area contributed by atoms with Crippen molar-refractivity contribution in [3.8, 4) is 0 Å². The van der Waals surface area contributed by atoms with E-state index in [2.05, 4.69) is 32.6 Å². The third kappa shape index (κ3) is 1.87. The second-order valence-electron chi connectivity index (χ2n) is 1.48. The molecule has 1 aromatic rings. The fourth-order valence-corrected chi connectivity index (χ4v) is 0.699. The Hall–Kier alpha value is -0.230. The molecule has 1 heterocycles. The molecule has 0 unspecified atom stereocenters. The molecule has 1 rings (SSSR count). The zero-order valence-electron chi connectivity index (χ0n) is 4.58. The largest absolute Gasteiger partial charge is 0.388 e. The Bertz CT molecular complexity index is 187. The van der Waals surface area contributed by atoms with E-state index in [0.29, 0.717) is 5.82 Å². The predicted molar refractivity (Wildman–Crippen MR) is 40.7 cm³/mol. The molecule has 0 radical (unpaired) electrons. The fraction of sp³-hybridized carbons (Fsp3) is 0.200. The van der Waals surface area contributed by atoms with Crippen LogP contribution in [0.25, 0.3) is 0 Å². The van der Waals surface area contributed by atoms with Gasteiger partial charge in [0.2, 0.25) is 0 Å². The van der Waals surface area contributed by atoms with Crippen LogP contribution >= 0.6 is 22.6 Å². The summed E-state index contributed by atoms with van der Waals surface area (Å²) in [4.78, 5) is 7.66. The molecule has 1 N–H and O–H groups in total. The molecular weight excluding hydrogens is 231 g/mol. The predicted octanol–water partition coefficient (Wildman–Crippen LogP) is 0.574. The van der Waals surface area contributed by atoms with Gasteiger partial charge in [0.1, 0.15) is 6.61 Å². The van der Waals surface area contributed by atoms with E-state index >= 15 is 0 Å². The first-order chi connectivity index (χ1) is 4.33. The number of nitrogens with zero attached hydrogens (tertiary/aromatic N) is 2. The van der Waals surface area contributed by atoms with Gasteiger partial charge in [0.15, 0.2) is 5.82 Å². The van der Waals surface area contributed by atoms with Gasteiger partial charge < -0.3 is 5.11 Å². The van der Waals surface area contributed by atoms with E-state index in [4.69, 9.17) is 5.11 Å². The minimum absolute atomic E-state index is 0.0864. The normalized spacial score (nSPS) is 9.56. The number of aliphatic hydroxyl groups excluding tert-OH is 1. The molecule has 0 aliphatic carbocycles. The van der Waals surface area contributed by atoms with Crippen LogP contribution in [0.4, 0.5) is 0 Å². The van der Waals surface area contributed by atoms with Crippen molar-refractivity contribution in [2.45, 2.75) is 6.61 Å². The van der Waals surface area contributed by atoms with Gasteiger partial charge in [-0.05, 0) is 22.6 Å². The van der Waals surface area contributed by atoms with Crippen LogP contribution in [-0.4, -0.2) is 15.1 Å². The van der Waals surface area contributed by atoms with Gasteiger partial charge in [-0.3, -0.25) is 0 Å². The van der Waals surface area contributed by atoms with Gasteiger partial charge in [0, 0.05) is 16.0 Å². The van der Waals surface area contributed by atoms with Gasteiger partial charge in [0.05, 0.1) is 0 Å². The Balaban J connectivity index is 2.88. The Morgan fingerprint density at radius 1 is 1.44 bits per heavy atom. The fourth-order valence-electron chi connectivity index (χ4n) is 0.421. The van der Waals surface area contributed by atoms with Gasteiger partial charge in [-0.1, -0.05) is 0 Å². The lowest BCUT2D eigenvalue weighted by atomic mass is 10.6. The molecule has 0 saturated carbocycles. The quantitative estimate of drug-likeness (QED) is 0.725. The van der Waals surface area contributed by atoms with Crippen molar-refractivity contribution in [2.24, 2.45) is 0 Å². The summed E-state index contributed by atoms with van der Waals surface area (Å²) in [7, 11) is 0. The Morgan fingerprint density at radius 3 is 2.44 bits per heavy atom. The third-order valence-corrected chi connectivity index (χ3v) is 1.37. The van der Waals surface area contributed by atoms with Crippen molar-refractivity contribution >= 4 is 22.6 Å². The summed E-state index contributed by atoms with van der Waals surface area (Å²) in [6.07, 6.45) is 3.33. The monoisotopic (exact) mass is 236 g/mol. The molecule has 1 aromatic heterocycles. The maximum atomic E-state index is 8.50. The van der Waals surface area contributed by atoms with Gasteiger partial charge >= 0.3 is 0 Å². The number of hydrogen-bond acceptors (Lipinski definition) is 3. The first-order valence-electron chi connectivity index (χ1n) is 2.40. The topological polar surface area (TPSA) is 46.0 Å². The highest BCUT2D eigenvalue weighted by molar-refractivity contribution is 14.1. The second-order valence-corrected chi connectivity index (χ2v) is 2.72. The summed E-state index contributed by atoms with van der Waals surface area (Å²) >= 11 is 2.11. The van der Waals surface area contributed by atoms with Crippen molar-refractivity contribution in [1.29, 1.82) is 0 Å². The average molecular weight is 236 g/mol. The molecule has 0 aliphatic rings. The summed E-state index contributed by atoms with van der Waals surface area (Å²) in [5, 5.41) is 8.50. The molecule has 0 atom stereocenters. The van der Waals surface area contributed by atoms with Crippen LogP contribution < -0.4 is 0 Å². The van der Waals surface area contributed by atoms with E-state index in [1.807, 2.05) is 0 Å². The van der Waals surface area contributed by atoms with E-state index in [1.165, 1.54) is 0 Å². The number of halogens is 1. The first kappa shape index (κ1) is 6.88. The molecule has 9 heavy (non-hydrogen) atoms. The van der Waals surface area contributed by atoms with Gasteiger partial charge in [-0.25, -0.2) is 9.97 Å².